The third-order valence-electron chi connectivity index (χ3n) is 5.33. The van der Waals surface area contributed by atoms with Crippen molar-refractivity contribution in [1.82, 2.24) is 19.4 Å². The maximum atomic E-state index is 12.9. The number of anilines is 1. The van der Waals surface area contributed by atoms with E-state index >= 15 is 0 Å². The number of imidazole rings is 1. The molecule has 0 bridgehead atoms. The molecule has 10 heteroatoms. The highest BCUT2D eigenvalue weighted by Crippen LogP contribution is 2.32. The minimum atomic E-state index is -4.46. The molecule has 164 valence electrons. The zero-order chi connectivity index (χ0) is 22.0. The number of alkyl halides is 3. The zero-order valence-electron chi connectivity index (χ0n) is 16.9. The molecule has 1 fully saturated rings. The number of rotatable bonds is 5. The van der Waals surface area contributed by atoms with Crippen molar-refractivity contribution < 1.29 is 22.7 Å². The van der Waals surface area contributed by atoms with Gasteiger partial charge in [-0.05, 0) is 36.8 Å². The predicted octanol–water partition coefficient (Wildman–Crippen LogP) is 4.12. The summed E-state index contributed by atoms with van der Waals surface area (Å²) in [6.07, 6.45) is -2.05. The number of likely N-dealkylation sites (tertiary alicyclic amines) is 1. The van der Waals surface area contributed by atoms with Gasteiger partial charge in [0.25, 0.3) is 0 Å². The highest BCUT2D eigenvalue weighted by Gasteiger charge is 2.33. The summed E-state index contributed by atoms with van der Waals surface area (Å²) in [5.41, 5.74) is 0.852. The molecule has 0 aliphatic carbocycles. The Morgan fingerprint density at radius 2 is 2.13 bits per heavy atom. The first-order valence-electron chi connectivity index (χ1n) is 9.90. The fraction of sp³-hybridized carbons (Fsp3) is 0.381. The highest BCUT2D eigenvalue weighted by atomic mass is 19.4. The van der Waals surface area contributed by atoms with Gasteiger partial charge in [0.1, 0.15) is 11.3 Å². The molecule has 1 aliphatic heterocycles. The van der Waals surface area contributed by atoms with Crippen LogP contribution < -0.4 is 5.32 Å². The molecule has 0 radical (unpaired) electrons. The van der Waals surface area contributed by atoms with E-state index in [1.807, 2.05) is 16.7 Å². The van der Waals surface area contributed by atoms with Gasteiger partial charge in [-0.1, -0.05) is 6.07 Å². The molecule has 2 aromatic heterocycles. The molecular formula is C21H22F3N5O2. The largest absolute Gasteiger partial charge is 0.416 e. The summed E-state index contributed by atoms with van der Waals surface area (Å²) in [5, 5.41) is 2.57. The van der Waals surface area contributed by atoms with Gasteiger partial charge in [0.05, 0.1) is 12.2 Å². The van der Waals surface area contributed by atoms with E-state index in [9.17, 15) is 18.0 Å². The summed E-state index contributed by atoms with van der Waals surface area (Å²) in [7, 11) is 1.63. The van der Waals surface area contributed by atoms with E-state index in [0.717, 1.165) is 29.1 Å². The minimum Gasteiger partial charge on any atom is -0.383 e. The maximum Gasteiger partial charge on any atom is 0.416 e. The summed E-state index contributed by atoms with van der Waals surface area (Å²) in [6, 6.07) is 7.90. The molecule has 1 atom stereocenters. The van der Waals surface area contributed by atoms with Crippen LogP contribution in [0.25, 0.3) is 11.2 Å². The number of benzene rings is 1. The van der Waals surface area contributed by atoms with Crippen molar-refractivity contribution >= 4 is 22.9 Å². The van der Waals surface area contributed by atoms with Crippen LogP contribution in [0.4, 0.5) is 23.7 Å². The van der Waals surface area contributed by atoms with Gasteiger partial charge in [0.15, 0.2) is 5.65 Å². The molecule has 0 spiro atoms. The Balaban J connectivity index is 1.49. The van der Waals surface area contributed by atoms with Crippen molar-refractivity contribution in [1.29, 1.82) is 0 Å². The third-order valence-corrected chi connectivity index (χ3v) is 5.33. The van der Waals surface area contributed by atoms with Crippen molar-refractivity contribution in [3.63, 3.8) is 0 Å². The minimum absolute atomic E-state index is 0.00156. The fourth-order valence-corrected chi connectivity index (χ4v) is 3.82. The molecule has 31 heavy (non-hydrogen) atoms. The Morgan fingerprint density at radius 1 is 1.29 bits per heavy atom. The number of hydrogen-bond donors (Lipinski definition) is 1. The molecule has 0 unspecified atom stereocenters. The van der Waals surface area contributed by atoms with Gasteiger partial charge >= 0.3 is 12.2 Å². The molecule has 1 saturated heterocycles. The zero-order valence-corrected chi connectivity index (χ0v) is 16.9. The lowest BCUT2D eigenvalue weighted by Gasteiger charge is -2.18. The van der Waals surface area contributed by atoms with Gasteiger partial charge in [-0.3, -0.25) is 0 Å². The third kappa shape index (κ3) is 4.48. The van der Waals surface area contributed by atoms with Crippen molar-refractivity contribution in [2.45, 2.75) is 25.1 Å². The van der Waals surface area contributed by atoms with Gasteiger partial charge in [0, 0.05) is 44.5 Å². The fourth-order valence-electron chi connectivity index (χ4n) is 3.82. The molecule has 4 rings (SSSR count). The van der Waals surface area contributed by atoms with Gasteiger partial charge in [0.2, 0.25) is 0 Å². The van der Waals surface area contributed by atoms with Crippen LogP contribution in [0.15, 0.2) is 42.6 Å². The van der Waals surface area contributed by atoms with Crippen LogP contribution >= 0.6 is 0 Å². The predicted molar refractivity (Wildman–Crippen MR) is 109 cm³/mol. The first-order valence-corrected chi connectivity index (χ1v) is 9.90. The number of carbonyl (C=O) groups excluding carboxylic acids is 1. The Kier molecular flexibility index (Phi) is 5.81. The lowest BCUT2D eigenvalue weighted by molar-refractivity contribution is -0.137. The summed E-state index contributed by atoms with van der Waals surface area (Å²) in [6.45, 7) is 1.99. The smallest absolute Gasteiger partial charge is 0.383 e. The number of nitrogens with one attached hydrogen (secondary N) is 1. The number of carbonyl (C=O) groups is 1. The monoisotopic (exact) mass is 433 g/mol. The summed E-state index contributed by atoms with van der Waals surface area (Å²) in [5.74, 6) is 0.832. The molecule has 1 aliphatic rings. The molecule has 7 nitrogen and oxygen atoms in total. The van der Waals surface area contributed by atoms with Crippen molar-refractivity contribution in [3.05, 3.63) is 54.0 Å². The van der Waals surface area contributed by atoms with Crippen LogP contribution in [0.1, 0.15) is 23.7 Å². The van der Waals surface area contributed by atoms with E-state index in [1.54, 1.807) is 18.2 Å². The van der Waals surface area contributed by atoms with E-state index in [2.05, 4.69) is 10.3 Å². The maximum absolute atomic E-state index is 12.9. The molecule has 3 heterocycles. The van der Waals surface area contributed by atoms with Crippen LogP contribution in [-0.4, -0.2) is 52.3 Å². The number of amides is 2. The van der Waals surface area contributed by atoms with E-state index in [-0.39, 0.29) is 11.6 Å². The number of fused-ring (bicyclic) bond motifs is 1. The first kappa shape index (κ1) is 21.1. The molecule has 1 aromatic carbocycles. The van der Waals surface area contributed by atoms with Crippen LogP contribution in [0.2, 0.25) is 0 Å². The topological polar surface area (TPSA) is 72.3 Å². The van der Waals surface area contributed by atoms with Crippen molar-refractivity contribution in [3.8, 4) is 0 Å². The number of methoxy groups -OCH3 is 1. The average Bonchev–Trinajstić information content (AvgIpc) is 3.37. The van der Waals surface area contributed by atoms with E-state index in [1.165, 1.54) is 12.1 Å². The van der Waals surface area contributed by atoms with Gasteiger partial charge in [-0.15, -0.1) is 0 Å². The molecule has 2 amide bonds. The first-order chi connectivity index (χ1) is 14.9. The van der Waals surface area contributed by atoms with Gasteiger partial charge in [-0.25, -0.2) is 14.8 Å². The summed E-state index contributed by atoms with van der Waals surface area (Å²) < 4.78 is 46.0. The Hall–Kier alpha value is -3.14. The summed E-state index contributed by atoms with van der Waals surface area (Å²) in [4.78, 5) is 23.4. The Labute approximate surface area is 176 Å². The number of hydrogen-bond acceptors (Lipinski definition) is 4. The molecule has 1 N–H and O–H groups in total. The summed E-state index contributed by atoms with van der Waals surface area (Å²) >= 11 is 0. The van der Waals surface area contributed by atoms with Crippen LogP contribution in [0.3, 0.4) is 0 Å². The number of nitrogens with zero attached hydrogens (tertiary/aromatic N) is 4. The number of ether oxygens (including phenoxy) is 1. The van der Waals surface area contributed by atoms with E-state index < -0.39 is 17.8 Å². The van der Waals surface area contributed by atoms with Crippen LogP contribution in [0, 0.1) is 0 Å². The van der Waals surface area contributed by atoms with Crippen LogP contribution in [0.5, 0.6) is 0 Å². The van der Waals surface area contributed by atoms with Crippen LogP contribution in [-0.2, 0) is 17.5 Å². The van der Waals surface area contributed by atoms with E-state index in [4.69, 9.17) is 9.72 Å². The normalized spacial score (nSPS) is 16.8. The number of halogens is 3. The lowest BCUT2D eigenvalue weighted by Crippen LogP contribution is -2.33. The van der Waals surface area contributed by atoms with Gasteiger partial charge < -0.3 is 19.5 Å². The second-order valence-corrected chi connectivity index (χ2v) is 7.40. The Morgan fingerprint density at radius 3 is 2.90 bits per heavy atom. The molecule has 0 saturated carbocycles. The van der Waals surface area contributed by atoms with Crippen molar-refractivity contribution in [2.75, 3.05) is 32.1 Å². The molecule has 3 aromatic rings. The SMILES string of the molecule is COCCn1c([C@@H]2CCN(C(=O)Nc3cccc(C(F)(F)F)c3)C2)nc2cccnc21. The van der Waals surface area contributed by atoms with Gasteiger partial charge in [-0.2, -0.15) is 13.2 Å². The van der Waals surface area contributed by atoms with Crippen molar-refractivity contribution in [2.24, 2.45) is 0 Å². The second kappa shape index (κ2) is 8.54. The second-order valence-electron chi connectivity index (χ2n) is 7.40. The van der Waals surface area contributed by atoms with E-state index in [0.29, 0.717) is 32.7 Å². The quantitative estimate of drug-likeness (QED) is 0.657. The standard InChI is InChI=1S/C21H22F3N5O2/c1-31-11-10-29-18(27-17-6-3-8-25-19(17)29)14-7-9-28(13-14)20(30)26-16-5-2-4-15(12-16)21(22,23)24/h2-6,8,12,14H,7,9-11,13H2,1H3,(H,26,30)/t14-/m1/s1. The number of pyridine rings is 1. The highest BCUT2D eigenvalue weighted by molar-refractivity contribution is 5.89. The molecular weight excluding hydrogens is 411 g/mol. The number of urea groups is 1. The lowest BCUT2D eigenvalue weighted by atomic mass is 10.1. The average molecular weight is 433 g/mol. The number of aromatic nitrogens is 3. The Bertz CT molecular complexity index is 1080.